The van der Waals surface area contributed by atoms with Crippen molar-refractivity contribution < 1.29 is 19.4 Å². The van der Waals surface area contributed by atoms with E-state index < -0.39 is 5.97 Å². The number of ether oxygens (including phenoxy) is 1. The molecular formula is C14H19NO4S. The molecule has 0 bridgehead atoms. The van der Waals surface area contributed by atoms with Crippen molar-refractivity contribution in [3.63, 3.8) is 0 Å². The van der Waals surface area contributed by atoms with Crippen LogP contribution in [0.25, 0.3) is 0 Å². The molecule has 20 heavy (non-hydrogen) atoms. The Kier molecular flexibility index (Phi) is 7.11. The van der Waals surface area contributed by atoms with E-state index in [2.05, 4.69) is 5.32 Å². The second-order valence-corrected chi connectivity index (χ2v) is 5.45. The van der Waals surface area contributed by atoms with Crippen molar-refractivity contribution in [2.75, 3.05) is 30.5 Å². The molecular weight excluding hydrogens is 278 g/mol. The highest BCUT2D eigenvalue weighted by molar-refractivity contribution is 7.99. The van der Waals surface area contributed by atoms with Crippen LogP contribution >= 0.6 is 11.8 Å². The monoisotopic (exact) mass is 297 g/mol. The number of nitrogens with one attached hydrogen (secondary N) is 1. The normalized spacial score (nSPS) is 10.3. The molecule has 0 aliphatic carbocycles. The van der Waals surface area contributed by atoms with Crippen molar-refractivity contribution in [2.45, 2.75) is 13.3 Å². The van der Waals surface area contributed by atoms with E-state index in [0.717, 1.165) is 17.7 Å². The van der Waals surface area contributed by atoms with Gasteiger partial charge in [0.1, 0.15) is 0 Å². The summed E-state index contributed by atoms with van der Waals surface area (Å²) in [6.45, 7) is 2.48. The first-order valence-corrected chi connectivity index (χ1v) is 7.40. The summed E-state index contributed by atoms with van der Waals surface area (Å²) in [5.74, 6) is 0.0719. The molecule has 110 valence electrons. The first-order chi connectivity index (χ1) is 9.52. The van der Waals surface area contributed by atoms with Crippen molar-refractivity contribution in [2.24, 2.45) is 0 Å². The molecule has 0 saturated heterocycles. The van der Waals surface area contributed by atoms with Gasteiger partial charge < -0.3 is 15.2 Å². The summed E-state index contributed by atoms with van der Waals surface area (Å²) in [5, 5.41) is 11.7. The zero-order chi connectivity index (χ0) is 15.0. The molecule has 0 radical (unpaired) electrons. The van der Waals surface area contributed by atoms with Crippen LogP contribution in [0, 0.1) is 6.92 Å². The average Bonchev–Trinajstić information content (AvgIpc) is 2.37. The number of rotatable bonds is 8. The maximum absolute atomic E-state index is 11.7. The second kappa shape index (κ2) is 8.60. The largest absolute Gasteiger partial charge is 0.478 e. The summed E-state index contributed by atoms with van der Waals surface area (Å²) >= 11 is 1.53. The Bertz CT molecular complexity index is 476. The summed E-state index contributed by atoms with van der Waals surface area (Å²) in [4.78, 5) is 22.7. The van der Waals surface area contributed by atoms with Crippen molar-refractivity contribution in [1.82, 2.24) is 0 Å². The maximum Gasteiger partial charge on any atom is 0.335 e. The van der Waals surface area contributed by atoms with E-state index in [1.807, 2.05) is 0 Å². The third-order valence-corrected chi connectivity index (χ3v) is 3.52. The number of carboxylic acids is 1. The van der Waals surface area contributed by atoms with Crippen LogP contribution in [0.2, 0.25) is 0 Å². The van der Waals surface area contributed by atoms with Gasteiger partial charge in [0.2, 0.25) is 5.91 Å². The van der Waals surface area contributed by atoms with Gasteiger partial charge in [0.25, 0.3) is 0 Å². The molecule has 0 unspecified atom stereocenters. The van der Waals surface area contributed by atoms with Crippen molar-refractivity contribution >= 4 is 29.3 Å². The average molecular weight is 297 g/mol. The van der Waals surface area contributed by atoms with Gasteiger partial charge in [0.05, 0.1) is 11.3 Å². The van der Waals surface area contributed by atoms with Gasteiger partial charge in [0.15, 0.2) is 0 Å². The first-order valence-electron chi connectivity index (χ1n) is 6.24. The molecule has 0 saturated carbocycles. The zero-order valence-corrected chi connectivity index (χ0v) is 12.5. The number of anilines is 1. The first kappa shape index (κ1) is 16.5. The lowest BCUT2D eigenvalue weighted by Crippen LogP contribution is -2.15. The number of hydrogen-bond acceptors (Lipinski definition) is 4. The molecule has 0 heterocycles. The molecule has 1 amide bonds. The Morgan fingerprint density at radius 1 is 1.35 bits per heavy atom. The molecule has 2 N–H and O–H groups in total. The lowest BCUT2D eigenvalue weighted by atomic mass is 10.1. The number of aromatic carboxylic acids is 1. The SMILES string of the molecule is COCCCSCC(=O)Nc1cc(C)cc(C(=O)O)c1. The predicted molar refractivity (Wildman–Crippen MR) is 80.6 cm³/mol. The molecule has 1 rings (SSSR count). The summed E-state index contributed by atoms with van der Waals surface area (Å²) < 4.78 is 4.92. The van der Waals surface area contributed by atoms with E-state index in [9.17, 15) is 9.59 Å². The molecule has 0 atom stereocenters. The summed E-state index contributed by atoms with van der Waals surface area (Å²) in [6, 6.07) is 4.78. The molecule has 0 aromatic heterocycles. The summed E-state index contributed by atoms with van der Waals surface area (Å²) in [7, 11) is 1.65. The lowest BCUT2D eigenvalue weighted by Gasteiger charge is -2.07. The van der Waals surface area contributed by atoms with Crippen LogP contribution < -0.4 is 5.32 Å². The molecule has 0 fully saturated rings. The number of carbonyl (C=O) groups excluding carboxylic acids is 1. The molecule has 5 nitrogen and oxygen atoms in total. The molecule has 0 aliphatic heterocycles. The van der Waals surface area contributed by atoms with Crippen LogP contribution in [0.4, 0.5) is 5.69 Å². The van der Waals surface area contributed by atoms with Crippen LogP contribution in [0.15, 0.2) is 18.2 Å². The van der Waals surface area contributed by atoms with Crippen LogP contribution in [-0.4, -0.2) is 42.2 Å². The van der Waals surface area contributed by atoms with Crippen molar-refractivity contribution in [3.05, 3.63) is 29.3 Å². The van der Waals surface area contributed by atoms with Gasteiger partial charge in [-0.3, -0.25) is 4.79 Å². The minimum Gasteiger partial charge on any atom is -0.478 e. The molecule has 6 heteroatoms. The second-order valence-electron chi connectivity index (χ2n) is 4.34. The fourth-order valence-corrected chi connectivity index (χ4v) is 2.37. The van der Waals surface area contributed by atoms with Gasteiger partial charge in [-0.25, -0.2) is 4.79 Å². The Morgan fingerprint density at radius 3 is 2.75 bits per heavy atom. The van der Waals surface area contributed by atoms with Crippen molar-refractivity contribution in [3.8, 4) is 0 Å². The smallest absolute Gasteiger partial charge is 0.335 e. The highest BCUT2D eigenvalue weighted by Crippen LogP contribution is 2.15. The summed E-state index contributed by atoms with van der Waals surface area (Å²) in [5.41, 5.74) is 1.49. The third-order valence-electron chi connectivity index (χ3n) is 2.48. The van der Waals surface area contributed by atoms with E-state index in [1.165, 1.54) is 17.8 Å². The minimum absolute atomic E-state index is 0.130. The Balaban J connectivity index is 2.47. The van der Waals surface area contributed by atoms with Crippen LogP contribution in [0.1, 0.15) is 22.3 Å². The fraction of sp³-hybridized carbons (Fsp3) is 0.429. The number of methoxy groups -OCH3 is 1. The zero-order valence-electron chi connectivity index (χ0n) is 11.6. The quantitative estimate of drug-likeness (QED) is 0.721. The Morgan fingerprint density at radius 2 is 2.10 bits per heavy atom. The number of thioether (sulfide) groups is 1. The van der Waals surface area contributed by atoms with Gasteiger partial charge in [-0.15, -0.1) is 0 Å². The minimum atomic E-state index is -1.00. The number of benzene rings is 1. The topological polar surface area (TPSA) is 75.6 Å². The number of carboxylic acid groups (broad SMARTS) is 1. The van der Waals surface area contributed by atoms with E-state index in [0.29, 0.717) is 18.0 Å². The third kappa shape index (κ3) is 6.08. The number of hydrogen-bond donors (Lipinski definition) is 2. The van der Waals surface area contributed by atoms with Crippen LogP contribution in [-0.2, 0) is 9.53 Å². The van der Waals surface area contributed by atoms with E-state index in [1.54, 1.807) is 26.2 Å². The molecule has 1 aromatic rings. The van der Waals surface area contributed by atoms with E-state index in [-0.39, 0.29) is 11.5 Å². The molecule has 0 aliphatic rings. The van der Waals surface area contributed by atoms with Gasteiger partial charge >= 0.3 is 5.97 Å². The highest BCUT2D eigenvalue weighted by atomic mass is 32.2. The molecule has 0 spiro atoms. The predicted octanol–water partition coefficient (Wildman–Crippen LogP) is 2.40. The standard InChI is InChI=1S/C14H19NO4S/c1-10-6-11(14(17)18)8-12(7-10)15-13(16)9-20-5-3-4-19-2/h6-8H,3-5,9H2,1-2H3,(H,15,16)(H,17,18). The van der Waals surface area contributed by atoms with E-state index >= 15 is 0 Å². The maximum atomic E-state index is 11.7. The van der Waals surface area contributed by atoms with Crippen molar-refractivity contribution in [1.29, 1.82) is 0 Å². The lowest BCUT2D eigenvalue weighted by molar-refractivity contribution is -0.113. The number of amides is 1. The number of carbonyl (C=O) groups is 2. The van der Waals surface area contributed by atoms with Crippen LogP contribution in [0.5, 0.6) is 0 Å². The Hall–Kier alpha value is -1.53. The van der Waals surface area contributed by atoms with Gasteiger partial charge in [-0.2, -0.15) is 11.8 Å². The van der Waals surface area contributed by atoms with E-state index in [4.69, 9.17) is 9.84 Å². The fourth-order valence-electron chi connectivity index (χ4n) is 1.65. The number of aryl methyl sites for hydroxylation is 1. The van der Waals surface area contributed by atoms with Gasteiger partial charge in [-0.1, -0.05) is 0 Å². The van der Waals surface area contributed by atoms with Gasteiger partial charge in [0, 0.05) is 19.4 Å². The summed E-state index contributed by atoms with van der Waals surface area (Å²) in [6.07, 6.45) is 0.905. The highest BCUT2D eigenvalue weighted by Gasteiger charge is 2.08. The molecule has 1 aromatic carbocycles. The van der Waals surface area contributed by atoms with Gasteiger partial charge in [-0.05, 0) is 42.9 Å². The van der Waals surface area contributed by atoms with Crippen LogP contribution in [0.3, 0.4) is 0 Å². The Labute approximate surface area is 122 Å².